The number of aromatic nitrogens is 3. The van der Waals surface area contributed by atoms with Crippen LogP contribution in [0.2, 0.25) is 5.02 Å². The zero-order valence-corrected chi connectivity index (χ0v) is 27.6. The largest absolute Gasteiger partial charge is 0.379 e. The summed E-state index contributed by atoms with van der Waals surface area (Å²) < 4.78 is 36.6. The highest BCUT2D eigenvalue weighted by atomic mass is 35.5. The third-order valence-electron chi connectivity index (χ3n) is 8.34. The SMILES string of the molecule is CCOCCOCCOCCOCCS(=O)CCCn1c(CN2C(=O)C3(CCNCC3)c3ccncc32)nc2cc(Cl)ccc21. The minimum Gasteiger partial charge on any atom is -0.379 e. The van der Waals surface area contributed by atoms with E-state index >= 15 is 0 Å². The van der Waals surface area contributed by atoms with Crippen molar-refractivity contribution in [3.05, 3.63) is 53.1 Å². The number of hydrogen-bond donors (Lipinski definition) is 1. The number of ether oxygens (including phenoxy) is 4. The molecule has 1 atom stereocenters. The van der Waals surface area contributed by atoms with Crippen LogP contribution in [0.1, 0.15) is 37.6 Å². The molecule has 1 aromatic carbocycles. The maximum atomic E-state index is 14.0. The van der Waals surface area contributed by atoms with E-state index in [1.54, 1.807) is 12.4 Å². The molecule has 0 radical (unpaired) electrons. The van der Waals surface area contributed by atoms with Gasteiger partial charge in [0.05, 0.1) is 81.1 Å². The van der Waals surface area contributed by atoms with E-state index in [2.05, 4.69) is 14.9 Å². The molecule has 1 spiro atoms. The quantitative estimate of drug-likeness (QED) is 0.193. The third-order valence-corrected chi connectivity index (χ3v) is 9.94. The highest BCUT2D eigenvalue weighted by molar-refractivity contribution is 7.84. The molecular weight excluding hydrogens is 618 g/mol. The van der Waals surface area contributed by atoms with E-state index in [-0.39, 0.29) is 5.91 Å². The van der Waals surface area contributed by atoms with Gasteiger partial charge in [-0.1, -0.05) is 11.6 Å². The molecule has 11 nitrogen and oxygen atoms in total. The Morgan fingerprint density at radius 3 is 2.42 bits per heavy atom. The lowest BCUT2D eigenvalue weighted by molar-refractivity contribution is -0.124. The first-order chi connectivity index (χ1) is 22.0. The van der Waals surface area contributed by atoms with Crippen LogP contribution in [-0.4, -0.2) is 102 Å². The summed E-state index contributed by atoms with van der Waals surface area (Å²) in [4.78, 5) is 25.2. The lowest BCUT2D eigenvalue weighted by Gasteiger charge is -2.33. The van der Waals surface area contributed by atoms with E-state index in [0.717, 1.165) is 54.0 Å². The van der Waals surface area contributed by atoms with Crippen LogP contribution >= 0.6 is 11.6 Å². The number of fused-ring (bicyclic) bond motifs is 3. The Morgan fingerprint density at radius 2 is 1.69 bits per heavy atom. The third kappa shape index (κ3) is 8.48. The first-order valence-electron chi connectivity index (χ1n) is 15.8. The van der Waals surface area contributed by atoms with Crippen LogP contribution in [0.25, 0.3) is 11.0 Å². The monoisotopic (exact) mass is 661 g/mol. The van der Waals surface area contributed by atoms with Crippen molar-refractivity contribution in [2.24, 2.45) is 0 Å². The predicted octanol–water partition coefficient (Wildman–Crippen LogP) is 3.48. The Labute approximate surface area is 272 Å². The topological polar surface area (TPSA) is 117 Å². The number of pyridine rings is 1. The van der Waals surface area contributed by atoms with Crippen molar-refractivity contribution >= 4 is 45.0 Å². The van der Waals surface area contributed by atoms with Crippen molar-refractivity contribution < 1.29 is 28.0 Å². The van der Waals surface area contributed by atoms with Gasteiger partial charge in [-0.05, 0) is 69.1 Å². The molecule has 0 bridgehead atoms. The Hall–Kier alpha value is -2.45. The summed E-state index contributed by atoms with van der Waals surface area (Å²) in [5, 5.41) is 4.00. The minimum absolute atomic E-state index is 0.112. The molecule has 45 heavy (non-hydrogen) atoms. The summed E-state index contributed by atoms with van der Waals surface area (Å²) in [5.74, 6) is 1.89. The number of rotatable bonds is 19. The minimum atomic E-state index is -1.02. The number of nitrogens with zero attached hydrogens (tertiary/aromatic N) is 4. The van der Waals surface area contributed by atoms with Gasteiger partial charge in [0.15, 0.2) is 0 Å². The number of carbonyl (C=O) groups is 1. The van der Waals surface area contributed by atoms with Crippen molar-refractivity contribution in [1.29, 1.82) is 0 Å². The fourth-order valence-electron chi connectivity index (χ4n) is 6.09. The van der Waals surface area contributed by atoms with Gasteiger partial charge in [-0.2, -0.15) is 0 Å². The summed E-state index contributed by atoms with van der Waals surface area (Å²) in [7, 11) is -1.02. The number of halogens is 1. The Balaban J connectivity index is 1.12. The van der Waals surface area contributed by atoms with Crippen LogP contribution in [0.4, 0.5) is 5.69 Å². The second-order valence-electron chi connectivity index (χ2n) is 11.2. The van der Waals surface area contributed by atoms with E-state index in [1.165, 1.54) is 0 Å². The van der Waals surface area contributed by atoms with Crippen molar-refractivity contribution in [3.63, 3.8) is 0 Å². The van der Waals surface area contributed by atoms with Gasteiger partial charge in [0.2, 0.25) is 5.91 Å². The Bertz CT molecular complexity index is 1430. The summed E-state index contributed by atoms with van der Waals surface area (Å²) in [6.07, 6.45) is 5.79. The molecular formula is C32H44ClN5O6S. The molecule has 13 heteroatoms. The number of anilines is 1. The molecule has 1 fully saturated rings. The summed E-state index contributed by atoms with van der Waals surface area (Å²) >= 11 is 6.31. The molecule has 5 rings (SSSR count). The number of carbonyl (C=O) groups excluding carboxylic acids is 1. The number of nitrogens with one attached hydrogen (secondary N) is 1. The molecule has 2 aliphatic heterocycles. The molecule has 3 aromatic rings. The van der Waals surface area contributed by atoms with Crippen molar-refractivity contribution in [2.45, 2.75) is 44.7 Å². The molecule has 0 saturated carbocycles. The van der Waals surface area contributed by atoms with E-state index in [4.69, 9.17) is 35.5 Å². The van der Waals surface area contributed by atoms with Crippen LogP contribution in [0.5, 0.6) is 0 Å². The van der Waals surface area contributed by atoms with Gasteiger partial charge in [-0.15, -0.1) is 0 Å². The van der Waals surface area contributed by atoms with Gasteiger partial charge < -0.3 is 33.7 Å². The number of imidazole rings is 1. The van der Waals surface area contributed by atoms with E-state index in [0.29, 0.717) is 88.9 Å². The summed E-state index contributed by atoms with van der Waals surface area (Å²) in [5.41, 5.74) is 3.12. The van der Waals surface area contributed by atoms with Crippen molar-refractivity contribution in [2.75, 3.05) is 82.4 Å². The van der Waals surface area contributed by atoms with Gasteiger partial charge in [0, 0.05) is 46.7 Å². The highest BCUT2D eigenvalue weighted by Crippen LogP contribution is 2.47. The van der Waals surface area contributed by atoms with E-state index in [9.17, 15) is 9.00 Å². The smallest absolute Gasteiger partial charge is 0.238 e. The first kappa shape index (κ1) is 33.9. The predicted molar refractivity (Wildman–Crippen MR) is 175 cm³/mol. The Morgan fingerprint density at radius 1 is 0.978 bits per heavy atom. The summed E-state index contributed by atoms with van der Waals surface area (Å²) in [6.45, 7) is 8.74. The van der Waals surface area contributed by atoms with Crippen LogP contribution in [-0.2, 0) is 53.0 Å². The molecule has 1 saturated heterocycles. The van der Waals surface area contributed by atoms with E-state index < -0.39 is 16.2 Å². The van der Waals surface area contributed by atoms with Gasteiger partial charge in [-0.25, -0.2) is 4.98 Å². The summed E-state index contributed by atoms with van der Waals surface area (Å²) in [6, 6.07) is 7.66. The van der Waals surface area contributed by atoms with Gasteiger partial charge in [0.1, 0.15) is 5.82 Å². The average Bonchev–Trinajstić information content (AvgIpc) is 3.49. The average molecular weight is 662 g/mol. The lowest BCUT2D eigenvalue weighted by atomic mass is 9.74. The van der Waals surface area contributed by atoms with Crippen LogP contribution in [0, 0.1) is 0 Å². The fraction of sp³-hybridized carbons (Fsp3) is 0.594. The van der Waals surface area contributed by atoms with Gasteiger partial charge in [0.25, 0.3) is 0 Å². The number of amides is 1. The maximum Gasteiger partial charge on any atom is 0.238 e. The lowest BCUT2D eigenvalue weighted by Crippen LogP contribution is -2.47. The zero-order valence-electron chi connectivity index (χ0n) is 26.0. The Kier molecular flexibility index (Phi) is 12.7. The number of benzene rings is 1. The van der Waals surface area contributed by atoms with Gasteiger partial charge in [-0.3, -0.25) is 14.0 Å². The number of piperidine rings is 1. The van der Waals surface area contributed by atoms with Crippen LogP contribution in [0.15, 0.2) is 36.7 Å². The molecule has 2 aromatic heterocycles. The molecule has 2 aliphatic rings. The normalized spacial score (nSPS) is 16.6. The second kappa shape index (κ2) is 16.9. The number of hydrogen-bond acceptors (Lipinski definition) is 9. The maximum absolute atomic E-state index is 14.0. The molecule has 246 valence electrons. The molecule has 0 aliphatic carbocycles. The molecule has 1 N–H and O–H groups in total. The first-order valence-corrected chi connectivity index (χ1v) is 17.7. The molecule has 1 amide bonds. The number of aryl methyl sites for hydroxylation is 1. The van der Waals surface area contributed by atoms with E-state index in [1.807, 2.05) is 36.1 Å². The standard InChI is InChI=1S/C32H44ClN5O6S/c1-2-41-13-14-42-15-16-43-17-18-44-19-21-45(40)20-3-12-37-28-5-4-25(33)22-27(28)36-30(37)24-38-29-23-35-9-6-26(29)32(31(38)39)7-10-34-11-8-32/h4-6,9,22-23,34H,2-3,7-8,10-21,24H2,1H3. The van der Waals surface area contributed by atoms with Gasteiger partial charge >= 0.3 is 0 Å². The second-order valence-corrected chi connectivity index (χ2v) is 13.3. The molecule has 4 heterocycles. The fourth-order valence-corrected chi connectivity index (χ4v) is 7.21. The van der Waals surface area contributed by atoms with Crippen LogP contribution in [0.3, 0.4) is 0 Å². The zero-order chi connectivity index (χ0) is 31.5. The van der Waals surface area contributed by atoms with Crippen molar-refractivity contribution in [3.8, 4) is 0 Å². The van der Waals surface area contributed by atoms with Crippen LogP contribution < -0.4 is 10.2 Å². The van der Waals surface area contributed by atoms with Crippen molar-refractivity contribution in [1.82, 2.24) is 19.9 Å². The highest BCUT2D eigenvalue weighted by Gasteiger charge is 2.51. The molecule has 1 unspecified atom stereocenters.